The molecule has 0 unspecified atom stereocenters. The van der Waals surface area contributed by atoms with Crippen molar-refractivity contribution in [3.05, 3.63) is 65.4 Å². The number of nitrogens with zero attached hydrogens (tertiary/aromatic N) is 2. The summed E-state index contributed by atoms with van der Waals surface area (Å²) in [5.74, 6) is 0. The summed E-state index contributed by atoms with van der Waals surface area (Å²) in [4.78, 5) is 4.50. The first-order valence-corrected chi connectivity index (χ1v) is 7.46. The quantitative estimate of drug-likeness (QED) is 0.489. The summed E-state index contributed by atoms with van der Waals surface area (Å²) in [6.45, 7) is 4.13. The lowest BCUT2D eigenvalue weighted by Gasteiger charge is -2.06. The average molecular weight is 298 g/mol. The molecule has 0 saturated heterocycles. The number of nitriles is 1. The minimum Gasteiger partial charge on any atom is -0.456 e. The Morgan fingerprint density at radius 3 is 2.57 bits per heavy atom. The molecule has 0 radical (unpaired) electrons. The van der Waals surface area contributed by atoms with Crippen LogP contribution in [-0.2, 0) is 0 Å². The van der Waals surface area contributed by atoms with Crippen LogP contribution in [0.4, 0.5) is 0 Å². The number of aryl methyl sites for hydroxylation is 2. The molecule has 0 amide bonds. The maximum atomic E-state index is 9.03. The summed E-state index contributed by atoms with van der Waals surface area (Å²) in [7, 11) is 0. The Kier molecular flexibility index (Phi) is 2.92. The van der Waals surface area contributed by atoms with Gasteiger partial charge < -0.3 is 4.42 Å². The van der Waals surface area contributed by atoms with Gasteiger partial charge in [0.15, 0.2) is 0 Å². The van der Waals surface area contributed by atoms with Crippen molar-refractivity contribution in [2.75, 3.05) is 0 Å². The highest BCUT2D eigenvalue weighted by molar-refractivity contribution is 6.06. The molecule has 0 spiro atoms. The summed E-state index contributed by atoms with van der Waals surface area (Å²) >= 11 is 0. The fourth-order valence-electron chi connectivity index (χ4n) is 2.95. The molecule has 0 N–H and O–H groups in total. The van der Waals surface area contributed by atoms with Crippen molar-refractivity contribution in [2.24, 2.45) is 0 Å². The van der Waals surface area contributed by atoms with Gasteiger partial charge in [-0.3, -0.25) is 4.98 Å². The summed E-state index contributed by atoms with van der Waals surface area (Å²) in [6.07, 6.45) is 1.83. The molecular formula is C20H14N2O. The van der Waals surface area contributed by atoms with Crippen LogP contribution in [0.25, 0.3) is 33.2 Å². The van der Waals surface area contributed by atoms with E-state index in [0.717, 1.165) is 38.8 Å². The van der Waals surface area contributed by atoms with Crippen LogP contribution >= 0.6 is 0 Å². The lowest BCUT2D eigenvalue weighted by molar-refractivity contribution is 0.668. The fraction of sp³-hybridized carbons (Fsp3) is 0.100. The molecule has 0 aliphatic rings. The van der Waals surface area contributed by atoms with Gasteiger partial charge in [0.05, 0.1) is 17.3 Å². The van der Waals surface area contributed by atoms with Gasteiger partial charge in [-0.1, -0.05) is 0 Å². The number of fused-ring (bicyclic) bond motifs is 3. The van der Waals surface area contributed by atoms with Gasteiger partial charge in [-0.05, 0) is 67.4 Å². The van der Waals surface area contributed by atoms with Crippen LogP contribution in [0.1, 0.15) is 16.7 Å². The number of benzene rings is 2. The first kappa shape index (κ1) is 13.5. The van der Waals surface area contributed by atoms with Crippen LogP contribution in [0.15, 0.2) is 53.1 Å². The van der Waals surface area contributed by atoms with Crippen LogP contribution in [0, 0.1) is 25.2 Å². The number of pyridine rings is 1. The van der Waals surface area contributed by atoms with Crippen molar-refractivity contribution in [2.45, 2.75) is 13.8 Å². The van der Waals surface area contributed by atoms with E-state index in [0.29, 0.717) is 5.56 Å². The number of hydrogen-bond acceptors (Lipinski definition) is 3. The van der Waals surface area contributed by atoms with Crippen LogP contribution < -0.4 is 0 Å². The van der Waals surface area contributed by atoms with Crippen LogP contribution in [0.5, 0.6) is 0 Å². The van der Waals surface area contributed by atoms with Gasteiger partial charge in [0.25, 0.3) is 0 Å². The second kappa shape index (κ2) is 4.96. The Labute approximate surface area is 133 Å². The molecular weight excluding hydrogens is 284 g/mol. The van der Waals surface area contributed by atoms with Crippen LogP contribution in [0.2, 0.25) is 0 Å². The SMILES string of the molecule is Cc1ccnc(-c2cc3c(cc2C)oc2cc(C#N)ccc23)c1. The Bertz CT molecular complexity index is 1100. The van der Waals surface area contributed by atoms with Crippen molar-refractivity contribution >= 4 is 21.9 Å². The average Bonchev–Trinajstić information content (AvgIpc) is 2.90. The Morgan fingerprint density at radius 2 is 1.78 bits per heavy atom. The second-order valence-electron chi connectivity index (χ2n) is 5.81. The van der Waals surface area contributed by atoms with Crippen molar-refractivity contribution in [3.63, 3.8) is 0 Å². The zero-order chi connectivity index (χ0) is 16.0. The van der Waals surface area contributed by atoms with Gasteiger partial charge in [-0.2, -0.15) is 5.26 Å². The third-order valence-corrected chi connectivity index (χ3v) is 4.14. The number of furan rings is 1. The molecule has 0 aliphatic heterocycles. The van der Waals surface area contributed by atoms with E-state index in [1.165, 1.54) is 5.56 Å². The lowest BCUT2D eigenvalue weighted by atomic mass is 10.0. The molecule has 2 aromatic carbocycles. The van der Waals surface area contributed by atoms with E-state index in [-0.39, 0.29) is 0 Å². The van der Waals surface area contributed by atoms with E-state index in [1.54, 1.807) is 6.07 Å². The van der Waals surface area contributed by atoms with Crippen LogP contribution in [0.3, 0.4) is 0 Å². The van der Waals surface area contributed by atoms with Crippen molar-refractivity contribution in [3.8, 4) is 17.3 Å². The Morgan fingerprint density at radius 1 is 0.957 bits per heavy atom. The van der Waals surface area contributed by atoms with E-state index in [2.05, 4.69) is 37.0 Å². The maximum Gasteiger partial charge on any atom is 0.136 e. The van der Waals surface area contributed by atoms with Gasteiger partial charge in [-0.15, -0.1) is 0 Å². The minimum atomic E-state index is 0.605. The number of aromatic nitrogens is 1. The minimum absolute atomic E-state index is 0.605. The zero-order valence-corrected chi connectivity index (χ0v) is 12.9. The van der Waals surface area contributed by atoms with E-state index in [1.807, 2.05) is 30.5 Å². The molecule has 3 heteroatoms. The highest BCUT2D eigenvalue weighted by atomic mass is 16.3. The third kappa shape index (κ3) is 2.16. The summed E-state index contributed by atoms with van der Waals surface area (Å²) < 4.78 is 5.92. The first-order chi connectivity index (χ1) is 11.2. The standard InChI is InChI=1S/C20H14N2O/c1-12-5-6-22-18(7-12)16-10-17-15-4-3-14(11-21)9-20(15)23-19(17)8-13(16)2/h3-10H,1-2H3. The first-order valence-electron chi connectivity index (χ1n) is 7.46. The summed E-state index contributed by atoms with van der Waals surface area (Å²) in [5, 5.41) is 11.1. The molecule has 110 valence electrons. The molecule has 3 nitrogen and oxygen atoms in total. The topological polar surface area (TPSA) is 49.8 Å². The van der Waals surface area contributed by atoms with E-state index in [4.69, 9.17) is 9.68 Å². The largest absolute Gasteiger partial charge is 0.456 e. The summed E-state index contributed by atoms with van der Waals surface area (Å²) in [5.41, 5.74) is 6.56. The van der Waals surface area contributed by atoms with Gasteiger partial charge in [-0.25, -0.2) is 0 Å². The van der Waals surface area contributed by atoms with E-state index >= 15 is 0 Å². The van der Waals surface area contributed by atoms with Gasteiger partial charge >= 0.3 is 0 Å². The number of hydrogen-bond donors (Lipinski definition) is 0. The second-order valence-corrected chi connectivity index (χ2v) is 5.81. The summed E-state index contributed by atoms with van der Waals surface area (Å²) in [6, 6.07) is 16.0. The van der Waals surface area contributed by atoms with E-state index in [9.17, 15) is 0 Å². The Hall–Kier alpha value is -3.12. The van der Waals surface area contributed by atoms with Gasteiger partial charge in [0, 0.05) is 22.5 Å². The lowest BCUT2D eigenvalue weighted by Crippen LogP contribution is -1.88. The zero-order valence-electron chi connectivity index (χ0n) is 12.9. The Balaban J connectivity index is 2.02. The fourth-order valence-corrected chi connectivity index (χ4v) is 2.95. The molecule has 23 heavy (non-hydrogen) atoms. The molecule has 2 heterocycles. The predicted octanol–water partition coefficient (Wildman–Crippen LogP) is 5.14. The molecule has 0 aliphatic carbocycles. The van der Waals surface area contributed by atoms with Crippen LogP contribution in [-0.4, -0.2) is 4.98 Å². The molecule has 0 bridgehead atoms. The molecule has 0 fully saturated rings. The van der Waals surface area contributed by atoms with Gasteiger partial charge in [0.2, 0.25) is 0 Å². The predicted molar refractivity (Wildman–Crippen MR) is 91.1 cm³/mol. The number of rotatable bonds is 1. The molecule has 0 atom stereocenters. The monoisotopic (exact) mass is 298 g/mol. The molecule has 0 saturated carbocycles. The smallest absolute Gasteiger partial charge is 0.136 e. The van der Waals surface area contributed by atoms with Gasteiger partial charge in [0.1, 0.15) is 11.2 Å². The van der Waals surface area contributed by atoms with Crippen molar-refractivity contribution in [1.29, 1.82) is 5.26 Å². The molecule has 4 aromatic rings. The van der Waals surface area contributed by atoms with Crippen molar-refractivity contribution < 1.29 is 4.42 Å². The third-order valence-electron chi connectivity index (χ3n) is 4.14. The molecule has 2 aromatic heterocycles. The molecule has 4 rings (SSSR count). The maximum absolute atomic E-state index is 9.03. The van der Waals surface area contributed by atoms with Crippen molar-refractivity contribution in [1.82, 2.24) is 4.98 Å². The normalized spacial score (nSPS) is 11.0. The highest BCUT2D eigenvalue weighted by Gasteiger charge is 2.12. The highest BCUT2D eigenvalue weighted by Crippen LogP contribution is 2.34. The van der Waals surface area contributed by atoms with E-state index < -0.39 is 0 Å².